The molecule has 0 fully saturated rings. The van der Waals surface area contributed by atoms with E-state index in [1.165, 1.54) is 35.4 Å². The first kappa shape index (κ1) is 29.4. The molecule has 0 radical (unpaired) electrons. The molecule has 2 aromatic heterocycles. The molecule has 0 unspecified atom stereocenters. The van der Waals surface area contributed by atoms with E-state index in [1.54, 1.807) is 73.8 Å². The Balaban J connectivity index is 1.15. The second-order valence-electron chi connectivity index (χ2n) is 8.98. The second-order valence-corrected chi connectivity index (χ2v) is 10.9. The Morgan fingerprint density at radius 1 is 0.953 bits per heavy atom. The van der Waals surface area contributed by atoms with Gasteiger partial charge in [-0.05, 0) is 60.7 Å². The van der Waals surface area contributed by atoms with E-state index < -0.39 is 11.8 Å². The molecule has 3 aromatic carbocycles. The maximum absolute atomic E-state index is 13.1. The standard InChI is InChI=1S/C32H26N4O5S2/c1-40-24-10-5-9-22(17-24)28-19-43-32(35-28)36-29(37)20-42-26-14-12-23(13-15-26)33-31(39)27(18-25-11-6-16-41-25)34-30(38)21-7-3-2-4-8-21/h2-19H,20H2,1H3,(H,33,39)(H,34,38)(H,35,36,37)/b27-18-. The number of furan rings is 1. The third-order valence-corrected chi connectivity index (χ3v) is 7.73. The first-order valence-electron chi connectivity index (χ1n) is 13.0. The quantitative estimate of drug-likeness (QED) is 0.114. The molecule has 3 N–H and O–H groups in total. The summed E-state index contributed by atoms with van der Waals surface area (Å²) >= 11 is 2.70. The molecule has 0 spiro atoms. The molecule has 0 aliphatic heterocycles. The lowest BCUT2D eigenvalue weighted by Gasteiger charge is -2.11. The van der Waals surface area contributed by atoms with E-state index in [4.69, 9.17) is 9.15 Å². The smallest absolute Gasteiger partial charge is 0.272 e. The first-order chi connectivity index (χ1) is 21.0. The van der Waals surface area contributed by atoms with Crippen LogP contribution in [0.2, 0.25) is 0 Å². The average molecular weight is 611 g/mol. The van der Waals surface area contributed by atoms with E-state index in [0.29, 0.717) is 22.1 Å². The molecule has 5 rings (SSSR count). The van der Waals surface area contributed by atoms with Crippen LogP contribution in [0.5, 0.6) is 5.75 Å². The number of hydrogen-bond donors (Lipinski definition) is 3. The van der Waals surface area contributed by atoms with Crippen molar-refractivity contribution < 1.29 is 23.5 Å². The second kappa shape index (κ2) is 14.2. The average Bonchev–Trinajstić information content (AvgIpc) is 3.73. The van der Waals surface area contributed by atoms with Crippen LogP contribution in [0.3, 0.4) is 0 Å². The highest BCUT2D eigenvalue weighted by Gasteiger charge is 2.16. The van der Waals surface area contributed by atoms with Crippen molar-refractivity contribution >= 4 is 57.7 Å². The zero-order chi connectivity index (χ0) is 30.0. The summed E-state index contributed by atoms with van der Waals surface area (Å²) in [6.07, 6.45) is 2.94. The maximum Gasteiger partial charge on any atom is 0.272 e. The molecule has 2 heterocycles. The number of carbonyl (C=O) groups excluding carboxylic acids is 3. The van der Waals surface area contributed by atoms with Gasteiger partial charge in [-0.1, -0.05) is 30.3 Å². The van der Waals surface area contributed by atoms with E-state index in [2.05, 4.69) is 20.9 Å². The number of nitrogens with one attached hydrogen (secondary N) is 3. The Hall–Kier alpha value is -5.13. The molecule has 0 aliphatic rings. The van der Waals surface area contributed by atoms with Crippen molar-refractivity contribution in [1.29, 1.82) is 0 Å². The summed E-state index contributed by atoms with van der Waals surface area (Å²) in [6.45, 7) is 0. The highest BCUT2D eigenvalue weighted by atomic mass is 32.2. The van der Waals surface area contributed by atoms with Crippen LogP contribution in [0.4, 0.5) is 10.8 Å². The first-order valence-corrected chi connectivity index (χ1v) is 14.9. The number of ether oxygens (including phenoxy) is 1. The van der Waals surface area contributed by atoms with Gasteiger partial charge in [0.25, 0.3) is 11.8 Å². The fourth-order valence-corrected chi connectivity index (χ4v) is 5.28. The monoisotopic (exact) mass is 610 g/mol. The molecule has 9 nitrogen and oxygen atoms in total. The highest BCUT2D eigenvalue weighted by molar-refractivity contribution is 8.00. The van der Waals surface area contributed by atoms with E-state index in [1.807, 2.05) is 29.6 Å². The van der Waals surface area contributed by atoms with Crippen LogP contribution in [0.15, 0.2) is 118 Å². The lowest BCUT2D eigenvalue weighted by atomic mass is 10.2. The lowest BCUT2D eigenvalue weighted by molar-refractivity contribution is -0.114. The van der Waals surface area contributed by atoms with Crippen molar-refractivity contribution in [2.75, 3.05) is 23.5 Å². The normalized spacial score (nSPS) is 11.0. The minimum atomic E-state index is -0.516. The van der Waals surface area contributed by atoms with Gasteiger partial charge in [-0.2, -0.15) is 0 Å². The number of hydrogen-bond acceptors (Lipinski definition) is 8. The van der Waals surface area contributed by atoms with Crippen molar-refractivity contribution in [3.8, 4) is 17.0 Å². The number of amides is 3. The molecule has 216 valence electrons. The fraction of sp³-hybridized carbons (Fsp3) is 0.0625. The minimum absolute atomic E-state index is 0.0238. The number of rotatable bonds is 11. The Labute approximate surface area is 256 Å². The van der Waals surface area contributed by atoms with Gasteiger partial charge in [-0.15, -0.1) is 23.1 Å². The van der Waals surface area contributed by atoms with Gasteiger partial charge >= 0.3 is 0 Å². The molecule has 43 heavy (non-hydrogen) atoms. The van der Waals surface area contributed by atoms with Crippen LogP contribution in [0, 0.1) is 0 Å². The molecular weight excluding hydrogens is 585 g/mol. The van der Waals surface area contributed by atoms with Gasteiger partial charge < -0.3 is 25.1 Å². The number of aromatic nitrogens is 1. The number of carbonyl (C=O) groups is 3. The van der Waals surface area contributed by atoms with E-state index in [9.17, 15) is 14.4 Å². The Morgan fingerprint density at radius 2 is 1.77 bits per heavy atom. The molecule has 0 atom stereocenters. The van der Waals surface area contributed by atoms with Crippen LogP contribution < -0.4 is 20.7 Å². The molecule has 11 heteroatoms. The number of benzene rings is 3. The topological polar surface area (TPSA) is 123 Å². The van der Waals surface area contributed by atoms with Crippen molar-refractivity contribution in [3.63, 3.8) is 0 Å². The summed E-state index contributed by atoms with van der Waals surface area (Å²) < 4.78 is 10.6. The number of nitrogens with zero attached hydrogens (tertiary/aromatic N) is 1. The fourth-order valence-electron chi connectivity index (χ4n) is 3.84. The van der Waals surface area contributed by atoms with Crippen molar-refractivity contribution in [3.05, 3.63) is 120 Å². The molecule has 0 saturated heterocycles. The lowest BCUT2D eigenvalue weighted by Crippen LogP contribution is -2.30. The third kappa shape index (κ3) is 8.22. The summed E-state index contributed by atoms with van der Waals surface area (Å²) in [5, 5.41) is 10.7. The summed E-state index contributed by atoms with van der Waals surface area (Å²) in [5.74, 6) is 0.207. The zero-order valence-electron chi connectivity index (χ0n) is 22.9. The molecule has 5 aromatic rings. The van der Waals surface area contributed by atoms with Gasteiger partial charge in [0.2, 0.25) is 5.91 Å². The van der Waals surface area contributed by atoms with Gasteiger partial charge in [-0.3, -0.25) is 14.4 Å². The largest absolute Gasteiger partial charge is 0.497 e. The molecular formula is C32H26N4O5S2. The van der Waals surface area contributed by atoms with E-state index >= 15 is 0 Å². The minimum Gasteiger partial charge on any atom is -0.497 e. The molecule has 0 bridgehead atoms. The van der Waals surface area contributed by atoms with Crippen molar-refractivity contribution in [2.24, 2.45) is 0 Å². The number of anilines is 2. The predicted molar refractivity (Wildman–Crippen MR) is 169 cm³/mol. The molecule has 0 aliphatic carbocycles. The highest BCUT2D eigenvalue weighted by Crippen LogP contribution is 2.28. The van der Waals surface area contributed by atoms with Gasteiger partial charge in [0, 0.05) is 33.2 Å². The van der Waals surface area contributed by atoms with E-state index in [-0.39, 0.29) is 17.4 Å². The predicted octanol–water partition coefficient (Wildman–Crippen LogP) is 6.55. The van der Waals surface area contributed by atoms with Crippen LogP contribution in [0.25, 0.3) is 17.3 Å². The van der Waals surface area contributed by atoms with E-state index in [0.717, 1.165) is 21.9 Å². The van der Waals surface area contributed by atoms with Crippen LogP contribution in [0.1, 0.15) is 16.1 Å². The Kier molecular flexibility index (Phi) is 9.67. The third-order valence-electron chi connectivity index (χ3n) is 5.96. The SMILES string of the molecule is COc1cccc(-c2csc(NC(=O)CSc3ccc(NC(=O)/C(=C/c4ccco4)NC(=O)c4ccccc4)cc3)n2)c1. The maximum atomic E-state index is 13.1. The summed E-state index contributed by atoms with van der Waals surface area (Å²) in [5.41, 5.74) is 2.62. The molecule has 0 saturated carbocycles. The van der Waals surface area contributed by atoms with Crippen LogP contribution in [-0.2, 0) is 9.59 Å². The zero-order valence-corrected chi connectivity index (χ0v) is 24.5. The van der Waals surface area contributed by atoms with Gasteiger partial charge in [0.15, 0.2) is 5.13 Å². The van der Waals surface area contributed by atoms with Gasteiger partial charge in [0.1, 0.15) is 17.2 Å². The summed E-state index contributed by atoms with van der Waals surface area (Å²) in [7, 11) is 1.61. The van der Waals surface area contributed by atoms with Gasteiger partial charge in [0.05, 0.1) is 24.8 Å². The Bertz CT molecular complexity index is 1730. The number of thiazole rings is 1. The van der Waals surface area contributed by atoms with Crippen LogP contribution in [-0.4, -0.2) is 35.6 Å². The van der Waals surface area contributed by atoms with Crippen LogP contribution >= 0.6 is 23.1 Å². The summed E-state index contributed by atoms with van der Waals surface area (Å²) in [6, 6.07) is 26.6. The van der Waals surface area contributed by atoms with Crippen molar-refractivity contribution in [1.82, 2.24) is 10.3 Å². The summed E-state index contributed by atoms with van der Waals surface area (Å²) in [4.78, 5) is 43.7. The Morgan fingerprint density at radius 3 is 2.51 bits per heavy atom. The van der Waals surface area contributed by atoms with Gasteiger partial charge in [-0.25, -0.2) is 4.98 Å². The number of methoxy groups -OCH3 is 1. The molecule has 3 amide bonds. The van der Waals surface area contributed by atoms with Crippen molar-refractivity contribution in [2.45, 2.75) is 4.90 Å². The number of thioether (sulfide) groups is 1.